The largest absolute Gasteiger partial charge is 0.375 e. The Labute approximate surface area is 131 Å². The Morgan fingerprint density at radius 2 is 1.95 bits per heavy atom. The Balaban J connectivity index is 2.08. The predicted molar refractivity (Wildman–Crippen MR) is 89.7 cm³/mol. The minimum absolute atomic E-state index is 0.195. The number of allylic oxidation sites excluding steroid dienone is 1. The molecule has 0 saturated heterocycles. The highest BCUT2D eigenvalue weighted by Crippen LogP contribution is 2.11. The zero-order valence-corrected chi connectivity index (χ0v) is 13.2. The van der Waals surface area contributed by atoms with Crippen LogP contribution in [0.15, 0.2) is 54.7 Å². The van der Waals surface area contributed by atoms with E-state index in [4.69, 9.17) is 0 Å². The van der Waals surface area contributed by atoms with Gasteiger partial charge in [0.1, 0.15) is 5.69 Å². The smallest absolute Gasteiger partial charge is 0.274 e. The molecule has 2 rings (SSSR count). The summed E-state index contributed by atoms with van der Waals surface area (Å²) in [6.45, 7) is 4.64. The molecule has 0 atom stereocenters. The predicted octanol–water partition coefficient (Wildman–Crippen LogP) is 3.61. The summed E-state index contributed by atoms with van der Waals surface area (Å²) in [7, 11) is 1.97. The van der Waals surface area contributed by atoms with Gasteiger partial charge in [-0.25, -0.2) is 4.98 Å². The first kappa shape index (κ1) is 15.8. The van der Waals surface area contributed by atoms with Crippen LogP contribution in [-0.4, -0.2) is 22.8 Å². The van der Waals surface area contributed by atoms with E-state index in [9.17, 15) is 4.79 Å². The summed E-state index contributed by atoms with van der Waals surface area (Å²) >= 11 is 0. The maximum Gasteiger partial charge on any atom is 0.274 e. The third-order valence-corrected chi connectivity index (χ3v) is 3.16. The topological polar surface area (TPSA) is 45.2 Å². The molecule has 0 aliphatic carbocycles. The summed E-state index contributed by atoms with van der Waals surface area (Å²) in [5.41, 5.74) is 3.21. The van der Waals surface area contributed by atoms with Crippen molar-refractivity contribution in [3.8, 4) is 0 Å². The van der Waals surface area contributed by atoms with E-state index in [1.165, 1.54) is 0 Å². The highest BCUT2D eigenvalue weighted by Gasteiger charge is 2.09. The third-order valence-electron chi connectivity index (χ3n) is 3.16. The first-order valence-electron chi connectivity index (χ1n) is 7.25. The number of nitrogens with one attached hydrogen (secondary N) is 1. The molecule has 1 aromatic heterocycles. The second kappa shape index (κ2) is 7.41. The molecular formula is C18H21N3O. The fourth-order valence-corrected chi connectivity index (χ4v) is 2.09. The first-order chi connectivity index (χ1) is 10.6. The molecule has 1 aromatic carbocycles. The van der Waals surface area contributed by atoms with Crippen molar-refractivity contribution in [2.75, 3.05) is 12.4 Å². The number of rotatable bonds is 5. The standard InChI is InChI=1S/C18H21N3O/c1-4-12-21(3)13-16-6-5-7-17(19-16)18(22)20-15-10-8-14(2)9-11-15/h4-12H,13H2,1-3H3,(H,20,22). The van der Waals surface area contributed by atoms with Crippen LogP contribution in [-0.2, 0) is 6.54 Å². The van der Waals surface area contributed by atoms with E-state index >= 15 is 0 Å². The molecule has 0 aliphatic heterocycles. The van der Waals surface area contributed by atoms with Crippen molar-refractivity contribution < 1.29 is 4.79 Å². The zero-order valence-electron chi connectivity index (χ0n) is 13.2. The number of amides is 1. The Hall–Kier alpha value is -2.62. The van der Waals surface area contributed by atoms with Gasteiger partial charge in [0.15, 0.2) is 0 Å². The molecule has 4 nitrogen and oxygen atoms in total. The van der Waals surface area contributed by atoms with Crippen LogP contribution in [0.4, 0.5) is 5.69 Å². The lowest BCUT2D eigenvalue weighted by Gasteiger charge is -2.13. The van der Waals surface area contributed by atoms with Gasteiger partial charge in [0.05, 0.1) is 12.2 Å². The normalized spacial score (nSPS) is 10.7. The Morgan fingerprint density at radius 3 is 2.64 bits per heavy atom. The number of carbonyl (C=O) groups is 1. The van der Waals surface area contributed by atoms with E-state index in [0.29, 0.717) is 12.2 Å². The van der Waals surface area contributed by atoms with E-state index in [1.54, 1.807) is 6.07 Å². The summed E-state index contributed by atoms with van der Waals surface area (Å²) < 4.78 is 0. The number of benzene rings is 1. The third kappa shape index (κ3) is 4.45. The molecule has 1 heterocycles. The Morgan fingerprint density at radius 1 is 1.23 bits per heavy atom. The molecule has 22 heavy (non-hydrogen) atoms. The lowest BCUT2D eigenvalue weighted by Crippen LogP contribution is -2.16. The van der Waals surface area contributed by atoms with Gasteiger partial charge in [0, 0.05) is 12.7 Å². The van der Waals surface area contributed by atoms with E-state index in [0.717, 1.165) is 16.9 Å². The molecular weight excluding hydrogens is 274 g/mol. The van der Waals surface area contributed by atoms with Gasteiger partial charge in [-0.2, -0.15) is 0 Å². The zero-order chi connectivity index (χ0) is 15.9. The SMILES string of the molecule is CC=CN(C)Cc1cccc(C(=O)Nc2ccc(C)cc2)n1. The minimum Gasteiger partial charge on any atom is -0.375 e. The summed E-state index contributed by atoms with van der Waals surface area (Å²) in [6.07, 6.45) is 3.94. The van der Waals surface area contributed by atoms with Crippen molar-refractivity contribution in [2.24, 2.45) is 0 Å². The van der Waals surface area contributed by atoms with E-state index in [-0.39, 0.29) is 5.91 Å². The molecule has 0 spiro atoms. The van der Waals surface area contributed by atoms with Gasteiger partial charge in [0.2, 0.25) is 0 Å². The van der Waals surface area contributed by atoms with Crippen LogP contribution in [0.2, 0.25) is 0 Å². The lowest BCUT2D eigenvalue weighted by atomic mass is 10.2. The van der Waals surface area contributed by atoms with Gasteiger partial charge in [-0.05, 0) is 44.3 Å². The number of nitrogens with zero attached hydrogens (tertiary/aromatic N) is 2. The fraction of sp³-hybridized carbons (Fsp3) is 0.222. The van der Waals surface area contributed by atoms with E-state index in [1.807, 2.05) is 74.5 Å². The van der Waals surface area contributed by atoms with Crippen LogP contribution < -0.4 is 5.32 Å². The summed E-state index contributed by atoms with van der Waals surface area (Å²) in [4.78, 5) is 18.7. The number of aromatic nitrogens is 1. The van der Waals surface area contributed by atoms with E-state index in [2.05, 4.69) is 10.3 Å². The molecule has 114 valence electrons. The van der Waals surface area contributed by atoms with Crippen molar-refractivity contribution in [3.63, 3.8) is 0 Å². The number of hydrogen-bond acceptors (Lipinski definition) is 3. The quantitative estimate of drug-likeness (QED) is 0.916. The molecule has 0 saturated carbocycles. The molecule has 0 radical (unpaired) electrons. The van der Waals surface area contributed by atoms with Gasteiger partial charge < -0.3 is 10.2 Å². The van der Waals surface area contributed by atoms with Crippen LogP contribution in [0.5, 0.6) is 0 Å². The van der Waals surface area contributed by atoms with Crippen LogP contribution in [0.3, 0.4) is 0 Å². The van der Waals surface area contributed by atoms with Crippen LogP contribution in [0, 0.1) is 6.92 Å². The maximum absolute atomic E-state index is 12.3. The van der Waals surface area contributed by atoms with Gasteiger partial charge in [0.25, 0.3) is 5.91 Å². The summed E-state index contributed by atoms with van der Waals surface area (Å²) in [5, 5.41) is 2.86. The number of hydrogen-bond donors (Lipinski definition) is 1. The summed E-state index contributed by atoms with van der Waals surface area (Å²) in [6, 6.07) is 13.2. The van der Waals surface area contributed by atoms with Crippen LogP contribution in [0.25, 0.3) is 0 Å². The van der Waals surface area contributed by atoms with Crippen molar-refractivity contribution in [1.82, 2.24) is 9.88 Å². The average Bonchev–Trinajstić information content (AvgIpc) is 2.50. The van der Waals surface area contributed by atoms with Gasteiger partial charge in [-0.1, -0.05) is 29.8 Å². The number of pyridine rings is 1. The minimum atomic E-state index is -0.195. The van der Waals surface area contributed by atoms with Crippen molar-refractivity contribution in [2.45, 2.75) is 20.4 Å². The van der Waals surface area contributed by atoms with Crippen molar-refractivity contribution >= 4 is 11.6 Å². The second-order valence-corrected chi connectivity index (χ2v) is 5.23. The average molecular weight is 295 g/mol. The number of carbonyl (C=O) groups excluding carboxylic acids is 1. The first-order valence-corrected chi connectivity index (χ1v) is 7.25. The van der Waals surface area contributed by atoms with Gasteiger partial charge in [-0.3, -0.25) is 4.79 Å². The molecule has 0 unspecified atom stereocenters. The molecule has 1 N–H and O–H groups in total. The van der Waals surface area contributed by atoms with Gasteiger partial charge >= 0.3 is 0 Å². The fourth-order valence-electron chi connectivity index (χ4n) is 2.09. The van der Waals surface area contributed by atoms with Gasteiger partial charge in [-0.15, -0.1) is 0 Å². The molecule has 4 heteroatoms. The highest BCUT2D eigenvalue weighted by atomic mass is 16.1. The number of aryl methyl sites for hydroxylation is 1. The molecule has 0 aliphatic rings. The number of anilines is 1. The van der Waals surface area contributed by atoms with E-state index < -0.39 is 0 Å². The second-order valence-electron chi connectivity index (χ2n) is 5.23. The van der Waals surface area contributed by atoms with Crippen LogP contribution in [0.1, 0.15) is 28.7 Å². The maximum atomic E-state index is 12.3. The molecule has 2 aromatic rings. The lowest BCUT2D eigenvalue weighted by molar-refractivity contribution is 0.102. The van der Waals surface area contributed by atoms with Crippen molar-refractivity contribution in [1.29, 1.82) is 0 Å². The summed E-state index contributed by atoms with van der Waals surface area (Å²) in [5.74, 6) is -0.195. The Bertz CT molecular complexity index is 662. The molecule has 1 amide bonds. The highest BCUT2D eigenvalue weighted by molar-refractivity contribution is 6.02. The van der Waals surface area contributed by atoms with Crippen LogP contribution >= 0.6 is 0 Å². The Kier molecular flexibility index (Phi) is 5.31. The van der Waals surface area contributed by atoms with Crippen molar-refractivity contribution in [3.05, 3.63) is 71.7 Å². The monoisotopic (exact) mass is 295 g/mol. The molecule has 0 fully saturated rings. The molecule has 0 bridgehead atoms.